The van der Waals surface area contributed by atoms with Crippen molar-refractivity contribution in [1.29, 1.82) is 0 Å². The number of likely N-dealkylation sites (N-methyl/N-ethyl adjacent to an activating group) is 1. The molecule has 0 aliphatic carbocycles. The van der Waals surface area contributed by atoms with Crippen LogP contribution in [0.4, 0.5) is 5.82 Å². The van der Waals surface area contributed by atoms with Crippen LogP contribution in [0.25, 0.3) is 11.2 Å². The zero-order valence-corrected chi connectivity index (χ0v) is 17.0. The van der Waals surface area contributed by atoms with E-state index in [2.05, 4.69) is 31.7 Å². The third-order valence-electron chi connectivity index (χ3n) is 5.33. The highest BCUT2D eigenvalue weighted by molar-refractivity contribution is 5.81. The van der Waals surface area contributed by atoms with Crippen LogP contribution in [0.5, 0.6) is 0 Å². The fraction of sp³-hybridized carbons (Fsp3) is 0.722. The number of hydrogen-bond acceptors (Lipinski definition) is 10. The number of nitrogens with zero attached hydrogens (tertiary/aromatic N) is 5. The van der Waals surface area contributed by atoms with E-state index in [4.69, 9.17) is 25.8 Å². The van der Waals surface area contributed by atoms with Crippen LogP contribution in [0.2, 0.25) is 0 Å². The van der Waals surface area contributed by atoms with Crippen LogP contribution in [0.1, 0.15) is 32.9 Å². The lowest BCUT2D eigenvalue weighted by atomic mass is 10.1. The Balaban J connectivity index is 1.52. The first-order valence-electron chi connectivity index (χ1n) is 9.84. The maximum absolute atomic E-state index is 6.40. The van der Waals surface area contributed by atoms with Crippen LogP contribution in [0, 0.1) is 0 Å². The molecule has 11 nitrogen and oxygen atoms in total. The van der Waals surface area contributed by atoms with Gasteiger partial charge in [0, 0.05) is 6.54 Å². The topological polar surface area (TPSA) is 136 Å². The monoisotopic (exact) mass is 407 g/mol. The highest BCUT2D eigenvalue weighted by Gasteiger charge is 2.56. The summed E-state index contributed by atoms with van der Waals surface area (Å²) in [6.45, 7) is 6.02. The molecule has 0 aromatic carbocycles. The minimum Gasteiger partial charge on any atom is -0.382 e. The normalized spacial score (nSPS) is 28.4. The molecule has 4 N–H and O–H groups in total. The number of rotatable bonds is 8. The number of nitrogens with two attached hydrogens (primary N) is 2. The summed E-state index contributed by atoms with van der Waals surface area (Å²) in [7, 11) is 2.07. The molecule has 0 saturated carbocycles. The van der Waals surface area contributed by atoms with Gasteiger partial charge >= 0.3 is 0 Å². The SMILES string of the molecule is CN(CCCCON)C[C@H]1O[C@@H](n2cnc3c(N)ncnc32)[C@@H]2OC(C)(C)O[C@@H]21. The van der Waals surface area contributed by atoms with Crippen molar-refractivity contribution in [2.45, 2.75) is 57.0 Å². The zero-order valence-electron chi connectivity index (χ0n) is 17.0. The number of anilines is 1. The average Bonchev–Trinajstić information content (AvgIpc) is 3.31. The number of hydrogen-bond donors (Lipinski definition) is 2. The summed E-state index contributed by atoms with van der Waals surface area (Å²) in [6, 6.07) is 0. The maximum atomic E-state index is 6.40. The molecule has 2 aromatic rings. The quantitative estimate of drug-likeness (QED) is 0.468. The van der Waals surface area contributed by atoms with Gasteiger partial charge < -0.3 is 29.7 Å². The van der Waals surface area contributed by atoms with Crippen molar-refractivity contribution in [1.82, 2.24) is 24.4 Å². The van der Waals surface area contributed by atoms with Gasteiger partial charge in [-0.25, -0.2) is 20.8 Å². The largest absolute Gasteiger partial charge is 0.382 e. The lowest BCUT2D eigenvalue weighted by Crippen LogP contribution is -2.38. The van der Waals surface area contributed by atoms with Crippen molar-refractivity contribution in [3.63, 3.8) is 0 Å². The molecule has 0 radical (unpaired) electrons. The van der Waals surface area contributed by atoms with Crippen LogP contribution < -0.4 is 11.6 Å². The average molecular weight is 407 g/mol. The molecule has 0 bridgehead atoms. The fourth-order valence-corrected chi connectivity index (χ4v) is 4.05. The summed E-state index contributed by atoms with van der Waals surface area (Å²) in [5.41, 5.74) is 7.10. The first kappa shape index (κ1) is 20.4. The van der Waals surface area contributed by atoms with Crippen LogP contribution in [-0.2, 0) is 19.0 Å². The van der Waals surface area contributed by atoms with Crippen LogP contribution in [0.3, 0.4) is 0 Å². The van der Waals surface area contributed by atoms with E-state index < -0.39 is 12.0 Å². The van der Waals surface area contributed by atoms with Gasteiger partial charge in [0.15, 0.2) is 23.5 Å². The molecule has 2 aromatic heterocycles. The predicted molar refractivity (Wildman–Crippen MR) is 104 cm³/mol. The summed E-state index contributed by atoms with van der Waals surface area (Å²) >= 11 is 0. The molecule has 2 saturated heterocycles. The Labute approximate surface area is 169 Å². The Bertz CT molecular complexity index is 845. The van der Waals surface area contributed by atoms with Gasteiger partial charge in [0.05, 0.1) is 12.9 Å². The molecule has 11 heteroatoms. The first-order valence-corrected chi connectivity index (χ1v) is 9.84. The minimum absolute atomic E-state index is 0.154. The van der Waals surface area contributed by atoms with Crippen molar-refractivity contribution < 1.29 is 19.0 Å². The molecule has 0 amide bonds. The molecule has 160 valence electrons. The summed E-state index contributed by atoms with van der Waals surface area (Å²) < 4.78 is 20.6. The molecule has 29 heavy (non-hydrogen) atoms. The van der Waals surface area contributed by atoms with Gasteiger partial charge in [0.25, 0.3) is 0 Å². The second kappa shape index (κ2) is 8.09. The van der Waals surface area contributed by atoms with E-state index in [9.17, 15) is 0 Å². The van der Waals surface area contributed by atoms with Gasteiger partial charge in [-0.2, -0.15) is 0 Å². The molecule has 2 aliphatic heterocycles. The van der Waals surface area contributed by atoms with Gasteiger partial charge in [-0.3, -0.25) is 4.57 Å². The van der Waals surface area contributed by atoms with Crippen molar-refractivity contribution in [2.24, 2.45) is 5.90 Å². The predicted octanol–water partition coefficient (Wildman–Crippen LogP) is 0.428. The summed E-state index contributed by atoms with van der Waals surface area (Å²) in [4.78, 5) is 19.6. The lowest BCUT2D eigenvalue weighted by Gasteiger charge is -2.27. The van der Waals surface area contributed by atoms with Gasteiger partial charge in [0.2, 0.25) is 0 Å². The molecule has 4 heterocycles. The second-order valence-corrected chi connectivity index (χ2v) is 8.05. The van der Waals surface area contributed by atoms with E-state index in [0.717, 1.165) is 19.4 Å². The molecule has 2 fully saturated rings. The number of imidazole rings is 1. The number of aromatic nitrogens is 4. The van der Waals surface area contributed by atoms with E-state index >= 15 is 0 Å². The van der Waals surface area contributed by atoms with Crippen LogP contribution in [-0.4, -0.2) is 75.3 Å². The van der Waals surface area contributed by atoms with Crippen molar-refractivity contribution in [3.05, 3.63) is 12.7 Å². The number of nitrogen functional groups attached to an aromatic ring is 1. The van der Waals surface area contributed by atoms with Gasteiger partial charge in [-0.1, -0.05) is 0 Å². The van der Waals surface area contributed by atoms with Crippen LogP contribution >= 0.6 is 0 Å². The zero-order chi connectivity index (χ0) is 20.6. The van der Waals surface area contributed by atoms with E-state index in [0.29, 0.717) is 30.1 Å². The standard InChI is InChI=1S/C18H29N7O4/c1-18(2)28-13-11(8-24(3)6-4-5-7-26-20)27-17(14(13)29-18)25-10-23-12-15(19)21-9-22-16(12)25/h9-11,13-14,17H,4-8,20H2,1-3H3,(H2,19,21,22)/t11-,13-,14-,17-/m1/s1. The van der Waals surface area contributed by atoms with Crippen molar-refractivity contribution in [3.8, 4) is 0 Å². The third kappa shape index (κ3) is 4.06. The Hall–Kier alpha value is -1.89. The smallest absolute Gasteiger partial charge is 0.167 e. The number of ether oxygens (including phenoxy) is 3. The Morgan fingerprint density at radius 2 is 2.00 bits per heavy atom. The van der Waals surface area contributed by atoms with Crippen molar-refractivity contribution in [2.75, 3.05) is 32.5 Å². The van der Waals surface area contributed by atoms with Gasteiger partial charge in [0.1, 0.15) is 30.2 Å². The van der Waals surface area contributed by atoms with Gasteiger partial charge in [-0.05, 0) is 40.3 Å². The van der Waals surface area contributed by atoms with E-state index in [1.807, 2.05) is 18.4 Å². The van der Waals surface area contributed by atoms with Crippen molar-refractivity contribution >= 4 is 17.0 Å². The highest BCUT2D eigenvalue weighted by atomic mass is 16.8. The van der Waals surface area contributed by atoms with E-state index in [-0.39, 0.29) is 18.3 Å². The van der Waals surface area contributed by atoms with Gasteiger partial charge in [-0.15, -0.1) is 0 Å². The summed E-state index contributed by atoms with van der Waals surface area (Å²) in [5.74, 6) is 4.74. The Morgan fingerprint density at radius 3 is 2.79 bits per heavy atom. The summed E-state index contributed by atoms with van der Waals surface area (Å²) in [5, 5.41) is 0. The summed E-state index contributed by atoms with van der Waals surface area (Å²) in [6.07, 6.45) is 3.96. The molecule has 2 aliphatic rings. The first-order chi connectivity index (χ1) is 13.9. The fourth-order valence-electron chi connectivity index (χ4n) is 4.05. The van der Waals surface area contributed by atoms with Crippen LogP contribution in [0.15, 0.2) is 12.7 Å². The highest BCUT2D eigenvalue weighted by Crippen LogP contribution is 2.43. The molecule has 0 unspecified atom stereocenters. The lowest BCUT2D eigenvalue weighted by molar-refractivity contribution is -0.197. The van der Waals surface area contributed by atoms with E-state index in [1.165, 1.54) is 6.33 Å². The molecular formula is C18H29N7O4. The number of unbranched alkanes of at least 4 members (excludes halogenated alkanes) is 1. The number of fused-ring (bicyclic) bond motifs is 2. The Kier molecular flexibility index (Phi) is 5.69. The minimum atomic E-state index is -0.683. The van der Waals surface area contributed by atoms with E-state index in [1.54, 1.807) is 6.33 Å². The maximum Gasteiger partial charge on any atom is 0.167 e. The molecular weight excluding hydrogens is 378 g/mol. The second-order valence-electron chi connectivity index (χ2n) is 8.05. The molecule has 4 rings (SSSR count). The molecule has 0 spiro atoms. The Morgan fingerprint density at radius 1 is 1.21 bits per heavy atom. The molecule has 4 atom stereocenters. The third-order valence-corrected chi connectivity index (χ3v) is 5.33.